The maximum absolute atomic E-state index is 12.7. The zero-order valence-electron chi connectivity index (χ0n) is 12.6. The largest absolute Gasteiger partial charge is 0.495 e. The number of anilines is 1. The molecule has 0 heterocycles. The number of nitrogens with zero attached hydrogens (tertiary/aromatic N) is 1. The van der Waals surface area contributed by atoms with E-state index in [1.54, 1.807) is 36.4 Å². The first-order chi connectivity index (χ1) is 9.86. The van der Waals surface area contributed by atoms with Gasteiger partial charge in [0.15, 0.2) is 0 Å². The Hall–Kier alpha value is -2.01. The van der Waals surface area contributed by atoms with Crippen LogP contribution in [0.4, 0.5) is 5.69 Å². The van der Waals surface area contributed by atoms with Gasteiger partial charge in [-0.1, -0.05) is 23.8 Å². The van der Waals surface area contributed by atoms with E-state index in [4.69, 9.17) is 4.74 Å². The van der Waals surface area contributed by atoms with Crippen LogP contribution in [0.2, 0.25) is 0 Å². The molecule has 0 radical (unpaired) electrons. The first-order valence-corrected chi connectivity index (χ1v) is 8.00. The number of sulfonamides is 1. The fourth-order valence-electron chi connectivity index (χ4n) is 2.04. The van der Waals surface area contributed by atoms with Crippen LogP contribution in [0.3, 0.4) is 0 Å². The third-order valence-electron chi connectivity index (χ3n) is 3.35. The number of ether oxygens (including phenoxy) is 1. The van der Waals surface area contributed by atoms with Crippen molar-refractivity contribution >= 4 is 15.7 Å². The molecule has 0 unspecified atom stereocenters. The summed E-state index contributed by atoms with van der Waals surface area (Å²) in [5.41, 5.74) is 2.51. The third-order valence-corrected chi connectivity index (χ3v) is 5.14. The van der Waals surface area contributed by atoms with Crippen molar-refractivity contribution < 1.29 is 13.2 Å². The predicted octanol–water partition coefficient (Wildman–Crippen LogP) is 3.14. The maximum Gasteiger partial charge on any atom is 0.264 e. The van der Waals surface area contributed by atoms with Crippen LogP contribution in [-0.2, 0) is 10.0 Å². The first-order valence-electron chi connectivity index (χ1n) is 6.56. The molecule has 0 aliphatic rings. The summed E-state index contributed by atoms with van der Waals surface area (Å²) in [4.78, 5) is 0.263. The Balaban J connectivity index is 2.50. The van der Waals surface area contributed by atoms with Crippen molar-refractivity contribution in [3.05, 3.63) is 53.6 Å². The molecule has 0 fully saturated rings. The average molecular weight is 305 g/mol. The fraction of sp³-hybridized carbons (Fsp3) is 0.250. The lowest BCUT2D eigenvalue weighted by atomic mass is 10.2. The van der Waals surface area contributed by atoms with E-state index in [0.717, 1.165) is 11.1 Å². The molecule has 5 heteroatoms. The molecule has 0 amide bonds. The number of hydrogen-bond acceptors (Lipinski definition) is 3. The highest BCUT2D eigenvalue weighted by Gasteiger charge is 2.23. The minimum atomic E-state index is -3.60. The summed E-state index contributed by atoms with van der Waals surface area (Å²) in [6.45, 7) is 3.83. The molecule has 0 bridgehead atoms. The second kappa shape index (κ2) is 5.77. The van der Waals surface area contributed by atoms with E-state index in [-0.39, 0.29) is 4.90 Å². The molecule has 2 aromatic rings. The number of hydrogen-bond donors (Lipinski definition) is 0. The summed E-state index contributed by atoms with van der Waals surface area (Å²) in [5, 5.41) is 0. The Bertz CT molecular complexity index is 737. The van der Waals surface area contributed by atoms with Gasteiger partial charge in [0, 0.05) is 7.05 Å². The van der Waals surface area contributed by atoms with Crippen LogP contribution in [0, 0.1) is 13.8 Å². The number of rotatable bonds is 4. The average Bonchev–Trinajstić information content (AvgIpc) is 2.46. The number of aryl methyl sites for hydroxylation is 2. The smallest absolute Gasteiger partial charge is 0.264 e. The zero-order valence-corrected chi connectivity index (χ0v) is 13.4. The summed E-state index contributed by atoms with van der Waals surface area (Å²) in [7, 11) is -0.542. The van der Waals surface area contributed by atoms with E-state index < -0.39 is 10.0 Å². The summed E-state index contributed by atoms with van der Waals surface area (Å²) in [5.74, 6) is 0.527. The summed E-state index contributed by atoms with van der Waals surface area (Å²) >= 11 is 0. The van der Waals surface area contributed by atoms with Gasteiger partial charge in [-0.05, 0) is 43.7 Å². The van der Waals surface area contributed by atoms with Crippen molar-refractivity contribution in [2.45, 2.75) is 18.7 Å². The van der Waals surface area contributed by atoms with E-state index >= 15 is 0 Å². The second-order valence-electron chi connectivity index (χ2n) is 4.96. The number of benzene rings is 2. The van der Waals surface area contributed by atoms with Gasteiger partial charge in [-0.2, -0.15) is 0 Å². The number of methoxy groups -OCH3 is 1. The topological polar surface area (TPSA) is 46.6 Å². The lowest BCUT2D eigenvalue weighted by molar-refractivity contribution is 0.415. The monoisotopic (exact) mass is 305 g/mol. The fourth-order valence-corrected chi connectivity index (χ4v) is 3.24. The molecule has 0 atom stereocenters. The Morgan fingerprint density at radius 1 is 0.952 bits per heavy atom. The van der Waals surface area contributed by atoms with Gasteiger partial charge in [0.1, 0.15) is 5.75 Å². The van der Waals surface area contributed by atoms with Crippen LogP contribution in [0.1, 0.15) is 11.1 Å². The van der Waals surface area contributed by atoms with Crippen LogP contribution in [0.15, 0.2) is 47.4 Å². The van der Waals surface area contributed by atoms with Crippen LogP contribution < -0.4 is 9.04 Å². The molecule has 0 aromatic heterocycles. The first kappa shape index (κ1) is 15.4. The summed E-state index contributed by atoms with van der Waals surface area (Å²) in [6.07, 6.45) is 0. The van der Waals surface area contributed by atoms with Crippen LogP contribution >= 0.6 is 0 Å². The van der Waals surface area contributed by atoms with Crippen molar-refractivity contribution in [3.8, 4) is 5.75 Å². The molecule has 0 N–H and O–H groups in total. The highest BCUT2D eigenvalue weighted by atomic mass is 32.2. The van der Waals surface area contributed by atoms with Gasteiger partial charge in [0.05, 0.1) is 17.7 Å². The minimum absolute atomic E-state index is 0.263. The van der Waals surface area contributed by atoms with E-state index in [9.17, 15) is 8.42 Å². The molecule has 0 saturated heterocycles. The Morgan fingerprint density at radius 3 is 2.10 bits per heavy atom. The van der Waals surface area contributed by atoms with Crippen LogP contribution in [0.25, 0.3) is 0 Å². The van der Waals surface area contributed by atoms with E-state index in [2.05, 4.69) is 0 Å². The van der Waals surface area contributed by atoms with E-state index in [1.165, 1.54) is 18.5 Å². The van der Waals surface area contributed by atoms with Gasteiger partial charge in [-0.15, -0.1) is 0 Å². The highest BCUT2D eigenvalue weighted by Crippen LogP contribution is 2.32. The Labute approximate surface area is 126 Å². The van der Waals surface area contributed by atoms with Crippen LogP contribution in [0.5, 0.6) is 5.75 Å². The standard InChI is InChI=1S/C16H19NO3S/c1-12-5-8-14(9-6-12)21(18,19)17(3)15-11-13(2)7-10-16(15)20-4/h5-11H,1-4H3. The van der Waals surface area contributed by atoms with Gasteiger partial charge < -0.3 is 4.74 Å². The molecule has 0 aliphatic carbocycles. The molecule has 2 aromatic carbocycles. The van der Waals surface area contributed by atoms with Gasteiger partial charge in [-0.25, -0.2) is 8.42 Å². The summed E-state index contributed by atoms with van der Waals surface area (Å²) < 4.78 is 31.9. The van der Waals surface area contributed by atoms with Gasteiger partial charge in [0.2, 0.25) is 0 Å². The van der Waals surface area contributed by atoms with E-state index in [0.29, 0.717) is 11.4 Å². The lowest BCUT2D eigenvalue weighted by Gasteiger charge is -2.22. The molecular formula is C16H19NO3S. The van der Waals surface area contributed by atoms with Gasteiger partial charge >= 0.3 is 0 Å². The molecular weight excluding hydrogens is 286 g/mol. The SMILES string of the molecule is COc1ccc(C)cc1N(C)S(=O)(=O)c1ccc(C)cc1. The maximum atomic E-state index is 12.7. The van der Waals surface area contributed by atoms with Crippen molar-refractivity contribution in [3.63, 3.8) is 0 Å². The highest BCUT2D eigenvalue weighted by molar-refractivity contribution is 7.92. The normalized spacial score (nSPS) is 11.2. The minimum Gasteiger partial charge on any atom is -0.495 e. The zero-order chi connectivity index (χ0) is 15.6. The predicted molar refractivity (Wildman–Crippen MR) is 84.5 cm³/mol. The molecule has 21 heavy (non-hydrogen) atoms. The van der Waals surface area contributed by atoms with Gasteiger partial charge in [0.25, 0.3) is 10.0 Å². The molecule has 0 aliphatic heterocycles. The lowest BCUT2D eigenvalue weighted by Crippen LogP contribution is -2.27. The third kappa shape index (κ3) is 3.03. The molecule has 2 rings (SSSR count). The van der Waals surface area contributed by atoms with Gasteiger partial charge in [-0.3, -0.25) is 4.31 Å². The second-order valence-corrected chi connectivity index (χ2v) is 6.93. The summed E-state index contributed by atoms with van der Waals surface area (Å²) in [6, 6.07) is 12.3. The van der Waals surface area contributed by atoms with E-state index in [1.807, 2.05) is 19.9 Å². The molecule has 112 valence electrons. The van der Waals surface area contributed by atoms with Crippen molar-refractivity contribution in [1.29, 1.82) is 0 Å². The van der Waals surface area contributed by atoms with Crippen LogP contribution in [-0.4, -0.2) is 22.6 Å². The Morgan fingerprint density at radius 2 is 1.52 bits per heavy atom. The molecule has 4 nitrogen and oxygen atoms in total. The van der Waals surface area contributed by atoms with Crippen molar-refractivity contribution in [2.24, 2.45) is 0 Å². The quantitative estimate of drug-likeness (QED) is 0.872. The van der Waals surface area contributed by atoms with Crippen molar-refractivity contribution in [2.75, 3.05) is 18.5 Å². The Kier molecular flexibility index (Phi) is 4.23. The molecule has 0 spiro atoms. The van der Waals surface area contributed by atoms with Crippen molar-refractivity contribution in [1.82, 2.24) is 0 Å². The molecule has 0 saturated carbocycles.